The number of carbonyl (C=O) groups excluding carboxylic acids is 1. The van der Waals surface area contributed by atoms with Crippen molar-refractivity contribution < 1.29 is 14.3 Å². The van der Waals surface area contributed by atoms with Crippen molar-refractivity contribution in [2.75, 3.05) is 20.8 Å². The Balaban J connectivity index is 2.49. The molecule has 0 saturated carbocycles. The molecule has 0 fully saturated rings. The summed E-state index contributed by atoms with van der Waals surface area (Å²) in [4.78, 5) is 22.2. The zero-order valence-corrected chi connectivity index (χ0v) is 19.2. The molecule has 1 unspecified atom stereocenters. The molecule has 0 aliphatic rings. The lowest BCUT2D eigenvalue weighted by Crippen LogP contribution is -2.23. The van der Waals surface area contributed by atoms with Crippen LogP contribution in [0.15, 0.2) is 59.5 Å². The maximum atomic E-state index is 13.2. The first-order valence-electron chi connectivity index (χ1n) is 10.5. The van der Waals surface area contributed by atoms with Gasteiger partial charge in [0.25, 0.3) is 5.91 Å². The average molecular weight is 448 g/mol. The van der Waals surface area contributed by atoms with Crippen molar-refractivity contribution in [3.8, 4) is 6.07 Å². The first kappa shape index (κ1) is 25.5. The van der Waals surface area contributed by atoms with Crippen molar-refractivity contribution in [2.24, 2.45) is 10.7 Å². The summed E-state index contributed by atoms with van der Waals surface area (Å²) in [5.74, 6) is -0.109. The second kappa shape index (κ2) is 12.9. The van der Waals surface area contributed by atoms with Crippen LogP contribution in [0, 0.1) is 11.3 Å². The fourth-order valence-electron chi connectivity index (χ4n) is 3.19. The largest absolute Gasteiger partial charge is 0.403 e. The summed E-state index contributed by atoms with van der Waals surface area (Å²) in [6.07, 6.45) is 6.90. The van der Waals surface area contributed by atoms with Gasteiger partial charge in [-0.25, -0.2) is 9.98 Å². The van der Waals surface area contributed by atoms with Crippen LogP contribution in [0.1, 0.15) is 47.5 Å². The van der Waals surface area contributed by atoms with E-state index < -0.39 is 0 Å². The fraction of sp³-hybridized carbons (Fsp3) is 0.280. The lowest BCUT2D eigenvalue weighted by molar-refractivity contribution is 0.0957. The minimum atomic E-state index is -0.382. The van der Waals surface area contributed by atoms with Crippen LogP contribution < -0.4 is 11.1 Å². The quantitative estimate of drug-likeness (QED) is 0.305. The second-order valence-electron chi connectivity index (χ2n) is 6.99. The number of rotatable bonds is 11. The van der Waals surface area contributed by atoms with E-state index in [1.54, 1.807) is 38.5 Å². The van der Waals surface area contributed by atoms with Gasteiger partial charge >= 0.3 is 0 Å². The molecule has 0 aliphatic carbocycles. The van der Waals surface area contributed by atoms with Gasteiger partial charge in [-0.1, -0.05) is 31.7 Å². The number of benzene rings is 1. The van der Waals surface area contributed by atoms with Gasteiger partial charge in [0.2, 0.25) is 0 Å². The molecule has 1 atom stereocenters. The molecule has 8 heteroatoms. The maximum Gasteiger partial charge on any atom is 0.259 e. The van der Waals surface area contributed by atoms with Crippen molar-refractivity contribution in [3.63, 3.8) is 0 Å². The Morgan fingerprint density at radius 3 is 2.82 bits per heavy atom. The zero-order chi connectivity index (χ0) is 24.2. The molecule has 1 aromatic heterocycles. The van der Waals surface area contributed by atoms with Gasteiger partial charge in [-0.2, -0.15) is 5.26 Å². The Morgan fingerprint density at radius 1 is 1.42 bits per heavy atom. The number of fused-ring (bicyclic) bond motifs is 1. The number of ether oxygens (including phenoxy) is 2. The van der Waals surface area contributed by atoms with E-state index in [1.165, 1.54) is 6.21 Å². The van der Waals surface area contributed by atoms with Crippen molar-refractivity contribution in [1.29, 1.82) is 5.26 Å². The normalized spacial score (nSPS) is 13.2. The number of nitriles is 1. The highest BCUT2D eigenvalue weighted by Gasteiger charge is 2.18. The molecular formula is C25H29N5O3. The van der Waals surface area contributed by atoms with Crippen LogP contribution in [-0.2, 0) is 9.47 Å². The number of hydrogen-bond donors (Lipinski definition) is 2. The van der Waals surface area contributed by atoms with Crippen molar-refractivity contribution in [3.05, 3.63) is 71.3 Å². The second-order valence-corrected chi connectivity index (χ2v) is 6.99. The summed E-state index contributed by atoms with van der Waals surface area (Å²) < 4.78 is 10.6. The first-order valence-corrected chi connectivity index (χ1v) is 10.5. The van der Waals surface area contributed by atoms with Crippen LogP contribution >= 0.6 is 0 Å². The number of nitrogens with one attached hydrogen (secondary N) is 1. The molecular weight excluding hydrogens is 418 g/mol. The summed E-state index contributed by atoms with van der Waals surface area (Å²) in [7, 11) is 3.21. The molecule has 0 bridgehead atoms. The number of carbonyl (C=O) groups is 1. The van der Waals surface area contributed by atoms with Crippen LogP contribution in [-0.4, -0.2) is 37.9 Å². The van der Waals surface area contributed by atoms with Crippen molar-refractivity contribution in [1.82, 2.24) is 10.3 Å². The van der Waals surface area contributed by atoms with Gasteiger partial charge < -0.3 is 20.5 Å². The van der Waals surface area contributed by atoms with Crippen LogP contribution in [0.4, 0.5) is 0 Å². The Kier molecular flexibility index (Phi) is 9.96. The molecule has 0 saturated heterocycles. The number of amides is 1. The number of pyridine rings is 1. The SMILES string of the molecule is C=Cc1cc2cccc(C(=O)NC(=C/CCOC)/N=C/C(C#N)=C/N)c2nc1C(CC)OC. The standard InChI is InChI=1S/C25H29N5O3/c1-5-18-13-19-9-7-10-20(23(19)30-24(18)21(6-2)33-4)25(31)29-22(11-8-12-32-3)28-16-17(14-26)15-27/h5,7,9-11,13-14,16,21H,1,6,8,12,26H2,2-4H3,(H,29,31)/b17-14+,22-11+,28-16+. The molecule has 0 spiro atoms. The monoisotopic (exact) mass is 447 g/mol. The number of allylic oxidation sites excluding steroid dienone is 1. The predicted molar refractivity (Wildman–Crippen MR) is 130 cm³/mol. The third kappa shape index (κ3) is 6.59. The minimum absolute atomic E-state index is 0.167. The van der Waals surface area contributed by atoms with Crippen molar-refractivity contribution in [2.45, 2.75) is 25.9 Å². The molecule has 1 heterocycles. The van der Waals surface area contributed by atoms with E-state index >= 15 is 0 Å². The smallest absolute Gasteiger partial charge is 0.259 e. The molecule has 2 rings (SSSR count). The lowest BCUT2D eigenvalue weighted by atomic mass is 10.0. The molecule has 2 aromatic rings. The van der Waals surface area contributed by atoms with E-state index in [1.807, 2.05) is 25.1 Å². The Labute approximate surface area is 194 Å². The molecule has 0 radical (unpaired) electrons. The van der Waals surface area contributed by atoms with Gasteiger partial charge in [0, 0.05) is 38.6 Å². The third-order valence-electron chi connectivity index (χ3n) is 4.88. The average Bonchev–Trinajstić information content (AvgIpc) is 2.84. The van der Waals surface area contributed by atoms with E-state index in [4.69, 9.17) is 25.5 Å². The highest BCUT2D eigenvalue weighted by molar-refractivity contribution is 6.06. The first-order chi connectivity index (χ1) is 16.0. The summed E-state index contributed by atoms with van der Waals surface area (Å²) in [6.45, 7) is 6.34. The Morgan fingerprint density at radius 2 is 2.21 bits per heavy atom. The maximum absolute atomic E-state index is 13.2. The highest BCUT2D eigenvalue weighted by Crippen LogP contribution is 2.28. The highest BCUT2D eigenvalue weighted by atomic mass is 16.5. The Hall–Kier alpha value is -3.80. The van der Waals surface area contributed by atoms with Crippen LogP contribution in [0.2, 0.25) is 0 Å². The molecule has 172 valence electrons. The third-order valence-corrected chi connectivity index (χ3v) is 4.88. The molecule has 8 nitrogen and oxygen atoms in total. The van der Waals surface area contributed by atoms with Gasteiger partial charge in [-0.3, -0.25) is 4.79 Å². The summed E-state index contributed by atoms with van der Waals surface area (Å²) in [5, 5.41) is 12.6. The molecule has 0 aliphatic heterocycles. The predicted octanol–water partition coefficient (Wildman–Crippen LogP) is 4.02. The summed E-state index contributed by atoms with van der Waals surface area (Å²) in [5.41, 5.74) is 8.09. The lowest BCUT2D eigenvalue weighted by Gasteiger charge is -2.17. The molecule has 33 heavy (non-hydrogen) atoms. The molecule has 1 amide bonds. The van der Waals surface area contributed by atoms with Gasteiger partial charge in [-0.15, -0.1) is 0 Å². The van der Waals surface area contributed by atoms with Gasteiger partial charge in [0.1, 0.15) is 11.9 Å². The number of para-hydroxylation sites is 1. The van der Waals surface area contributed by atoms with Crippen LogP contribution in [0.3, 0.4) is 0 Å². The van der Waals surface area contributed by atoms with E-state index in [9.17, 15) is 4.79 Å². The van der Waals surface area contributed by atoms with E-state index in [0.29, 0.717) is 24.1 Å². The summed E-state index contributed by atoms with van der Waals surface area (Å²) in [6, 6.07) is 9.25. The number of nitrogens with two attached hydrogens (primary N) is 1. The Bertz CT molecular complexity index is 1120. The number of methoxy groups -OCH3 is 2. The van der Waals surface area contributed by atoms with Gasteiger partial charge in [-0.05, 0) is 36.6 Å². The van der Waals surface area contributed by atoms with E-state index in [-0.39, 0.29) is 23.4 Å². The number of aliphatic imine (C=N–C) groups is 1. The molecule has 1 aromatic carbocycles. The van der Waals surface area contributed by atoms with Crippen LogP contribution in [0.5, 0.6) is 0 Å². The van der Waals surface area contributed by atoms with E-state index in [0.717, 1.165) is 29.3 Å². The van der Waals surface area contributed by atoms with Gasteiger partial charge in [0.05, 0.1) is 28.5 Å². The zero-order valence-electron chi connectivity index (χ0n) is 19.2. The topological polar surface area (TPSA) is 123 Å². The van der Waals surface area contributed by atoms with Crippen molar-refractivity contribution >= 4 is 29.1 Å². The number of nitrogens with zero attached hydrogens (tertiary/aromatic N) is 3. The minimum Gasteiger partial charge on any atom is -0.403 e. The number of hydrogen-bond acceptors (Lipinski definition) is 7. The molecule has 3 N–H and O–H groups in total. The number of aromatic nitrogens is 1. The van der Waals surface area contributed by atoms with E-state index in [2.05, 4.69) is 16.9 Å². The fourth-order valence-corrected chi connectivity index (χ4v) is 3.19. The van der Waals surface area contributed by atoms with Crippen LogP contribution in [0.25, 0.3) is 17.0 Å². The van der Waals surface area contributed by atoms with Gasteiger partial charge in [0.15, 0.2) is 0 Å². The summed E-state index contributed by atoms with van der Waals surface area (Å²) >= 11 is 0.